The molecule has 11 heteroatoms. The summed E-state index contributed by atoms with van der Waals surface area (Å²) in [6, 6.07) is -0.859. The number of nitrogens with one attached hydrogen (secondary N) is 1. The van der Waals surface area contributed by atoms with Crippen LogP contribution in [0.5, 0.6) is 0 Å². The molecule has 0 saturated carbocycles. The topological polar surface area (TPSA) is 145 Å². The SMILES string of the molecule is CCCCCCCCCCCCCCCC(=O)O[C@H](CCCCCCCCCCC)CC(=O)OCCSC[C@H](NC(C)=O)C(=O)C[C@@H](CO)C(=O)OC. The first-order chi connectivity index (χ1) is 25.7. The van der Waals surface area contributed by atoms with Crippen LogP contribution >= 0.6 is 11.8 Å². The quantitative estimate of drug-likeness (QED) is 0.0354. The third-order valence-corrected chi connectivity index (χ3v) is 10.6. The third kappa shape index (κ3) is 31.9. The van der Waals surface area contributed by atoms with Crippen molar-refractivity contribution < 1.29 is 43.3 Å². The Morgan fingerprint density at radius 2 is 1.15 bits per heavy atom. The minimum absolute atomic E-state index is 0.00904. The third-order valence-electron chi connectivity index (χ3n) is 9.55. The van der Waals surface area contributed by atoms with Crippen LogP contribution in [0, 0.1) is 5.92 Å². The second-order valence-electron chi connectivity index (χ2n) is 14.5. The molecule has 0 spiro atoms. The van der Waals surface area contributed by atoms with Gasteiger partial charge in [0.15, 0.2) is 5.78 Å². The van der Waals surface area contributed by atoms with Crippen LogP contribution in [0.3, 0.4) is 0 Å². The number of methoxy groups -OCH3 is 1. The van der Waals surface area contributed by atoms with Gasteiger partial charge in [0.1, 0.15) is 12.7 Å². The zero-order valence-corrected chi connectivity index (χ0v) is 34.9. The predicted octanol–water partition coefficient (Wildman–Crippen LogP) is 9.21. The maximum absolute atomic E-state index is 12.8. The van der Waals surface area contributed by atoms with Gasteiger partial charge in [0.2, 0.25) is 5.91 Å². The molecule has 10 nitrogen and oxygen atoms in total. The monoisotopic (exact) mass is 772 g/mol. The van der Waals surface area contributed by atoms with E-state index in [-0.39, 0.29) is 31.2 Å². The second-order valence-corrected chi connectivity index (χ2v) is 15.7. The maximum Gasteiger partial charge on any atom is 0.311 e. The smallest absolute Gasteiger partial charge is 0.311 e. The van der Waals surface area contributed by atoms with Gasteiger partial charge in [-0.3, -0.25) is 24.0 Å². The molecule has 0 unspecified atom stereocenters. The Bertz CT molecular complexity index is 948. The summed E-state index contributed by atoms with van der Waals surface area (Å²) in [5.41, 5.74) is 0. The van der Waals surface area contributed by atoms with Gasteiger partial charge in [0.25, 0.3) is 0 Å². The van der Waals surface area contributed by atoms with Crippen LogP contribution in [-0.4, -0.2) is 78.7 Å². The van der Waals surface area contributed by atoms with E-state index >= 15 is 0 Å². The molecular formula is C42H77NO9S. The van der Waals surface area contributed by atoms with Crippen LogP contribution in [0.4, 0.5) is 0 Å². The minimum Gasteiger partial charge on any atom is -0.469 e. The number of aliphatic hydroxyl groups is 1. The lowest BCUT2D eigenvalue weighted by atomic mass is 10.00. The molecule has 0 heterocycles. The van der Waals surface area contributed by atoms with Gasteiger partial charge in [-0.1, -0.05) is 142 Å². The fourth-order valence-corrected chi connectivity index (χ4v) is 7.19. The standard InChI is InChI=1S/C42H77NO9S/c1-5-7-9-11-13-15-16-17-18-20-22-24-26-28-40(47)52-37(27-25-23-21-19-14-12-10-8-6-2)32-41(48)51-29-30-53-34-38(43-35(3)45)39(46)31-36(33-44)42(49)50-4/h36-38,44H,5-34H2,1-4H3,(H,43,45)/t36-,37+,38-/m0/s1. The van der Waals surface area contributed by atoms with Gasteiger partial charge in [0.05, 0.1) is 32.1 Å². The van der Waals surface area contributed by atoms with Crippen molar-refractivity contribution >= 4 is 41.4 Å². The molecule has 0 radical (unpaired) electrons. The van der Waals surface area contributed by atoms with E-state index in [9.17, 15) is 29.1 Å². The molecule has 310 valence electrons. The number of rotatable bonds is 38. The van der Waals surface area contributed by atoms with Crippen LogP contribution in [0.25, 0.3) is 0 Å². The molecular weight excluding hydrogens is 695 g/mol. The Hall–Kier alpha value is -2.14. The molecule has 0 aliphatic rings. The van der Waals surface area contributed by atoms with Gasteiger partial charge in [-0.25, -0.2) is 0 Å². The first kappa shape index (κ1) is 50.9. The molecule has 0 saturated heterocycles. The number of esters is 3. The maximum atomic E-state index is 12.8. The van der Waals surface area contributed by atoms with E-state index in [1.165, 1.54) is 129 Å². The highest BCUT2D eigenvalue weighted by atomic mass is 32.2. The Morgan fingerprint density at radius 3 is 1.62 bits per heavy atom. The van der Waals surface area contributed by atoms with Gasteiger partial charge in [-0.2, -0.15) is 11.8 Å². The van der Waals surface area contributed by atoms with Crippen molar-refractivity contribution in [1.82, 2.24) is 5.32 Å². The van der Waals surface area contributed by atoms with E-state index in [1.807, 2.05) is 0 Å². The van der Waals surface area contributed by atoms with Crippen molar-refractivity contribution in [1.29, 1.82) is 0 Å². The lowest BCUT2D eigenvalue weighted by molar-refractivity contribution is -0.155. The number of ether oxygens (including phenoxy) is 3. The summed E-state index contributed by atoms with van der Waals surface area (Å²) in [5.74, 6) is -2.56. The Morgan fingerprint density at radius 1 is 0.660 bits per heavy atom. The summed E-state index contributed by atoms with van der Waals surface area (Å²) >= 11 is 1.32. The number of thioether (sulfide) groups is 1. The average Bonchev–Trinajstić information content (AvgIpc) is 3.13. The number of carbonyl (C=O) groups is 5. The highest BCUT2D eigenvalue weighted by Crippen LogP contribution is 2.18. The van der Waals surface area contributed by atoms with Crippen LogP contribution in [0.15, 0.2) is 0 Å². The minimum atomic E-state index is -0.998. The summed E-state index contributed by atoms with van der Waals surface area (Å²) in [4.78, 5) is 61.8. The highest BCUT2D eigenvalue weighted by Gasteiger charge is 2.27. The highest BCUT2D eigenvalue weighted by molar-refractivity contribution is 7.99. The number of amides is 1. The van der Waals surface area contributed by atoms with E-state index in [4.69, 9.17) is 9.47 Å². The van der Waals surface area contributed by atoms with Gasteiger partial charge >= 0.3 is 17.9 Å². The summed E-state index contributed by atoms with van der Waals surface area (Å²) in [7, 11) is 1.18. The van der Waals surface area contributed by atoms with Crippen molar-refractivity contribution in [2.75, 3.05) is 31.8 Å². The van der Waals surface area contributed by atoms with Crippen LogP contribution in [0.1, 0.15) is 188 Å². The number of Topliss-reactive ketones (excluding diaryl/α,β-unsaturated/α-hetero) is 1. The second kappa shape index (κ2) is 36.8. The Kier molecular flexibility index (Phi) is 35.3. The zero-order chi connectivity index (χ0) is 39.4. The van der Waals surface area contributed by atoms with E-state index in [0.29, 0.717) is 18.6 Å². The molecule has 0 aromatic heterocycles. The Labute approximate surface area is 326 Å². The van der Waals surface area contributed by atoms with Gasteiger partial charge in [-0.15, -0.1) is 0 Å². The van der Waals surface area contributed by atoms with Crippen molar-refractivity contribution in [2.24, 2.45) is 5.92 Å². The van der Waals surface area contributed by atoms with Crippen molar-refractivity contribution in [3.63, 3.8) is 0 Å². The summed E-state index contributed by atoms with van der Waals surface area (Å²) in [6.07, 6.45) is 27.0. The Balaban J connectivity index is 4.65. The van der Waals surface area contributed by atoms with Crippen LogP contribution in [0.2, 0.25) is 0 Å². The predicted molar refractivity (Wildman–Crippen MR) is 215 cm³/mol. The molecule has 0 aliphatic carbocycles. The number of hydrogen-bond acceptors (Lipinski definition) is 10. The molecule has 0 aromatic carbocycles. The summed E-state index contributed by atoms with van der Waals surface area (Å²) < 4.78 is 15.9. The summed E-state index contributed by atoms with van der Waals surface area (Å²) in [6.45, 7) is 5.33. The van der Waals surface area contributed by atoms with Gasteiger partial charge in [-0.05, 0) is 19.3 Å². The van der Waals surface area contributed by atoms with Crippen molar-refractivity contribution in [3.8, 4) is 0 Å². The molecule has 0 bridgehead atoms. The molecule has 53 heavy (non-hydrogen) atoms. The molecule has 0 rings (SSSR count). The van der Waals surface area contributed by atoms with Crippen LogP contribution < -0.4 is 5.32 Å². The number of unbranched alkanes of at least 4 members (excludes halogenated alkanes) is 20. The number of aliphatic hydroxyl groups excluding tert-OH is 1. The molecule has 0 fully saturated rings. The lowest BCUT2D eigenvalue weighted by Gasteiger charge is -2.19. The van der Waals surface area contributed by atoms with Crippen LogP contribution in [-0.2, 0) is 38.2 Å². The van der Waals surface area contributed by atoms with Gasteiger partial charge in [0, 0.05) is 31.3 Å². The zero-order valence-electron chi connectivity index (χ0n) is 34.1. The average molecular weight is 772 g/mol. The molecule has 0 aliphatic heterocycles. The fourth-order valence-electron chi connectivity index (χ4n) is 6.31. The fraction of sp³-hybridized carbons (Fsp3) is 0.881. The molecule has 2 N–H and O–H groups in total. The first-order valence-electron chi connectivity index (χ1n) is 21.1. The molecule has 0 aromatic rings. The van der Waals surface area contributed by atoms with E-state index < -0.39 is 48.3 Å². The molecule has 3 atom stereocenters. The normalized spacial score (nSPS) is 12.8. The summed E-state index contributed by atoms with van der Waals surface area (Å²) in [5, 5.41) is 12.1. The first-order valence-corrected chi connectivity index (χ1v) is 22.2. The van der Waals surface area contributed by atoms with E-state index in [2.05, 4.69) is 23.9 Å². The van der Waals surface area contributed by atoms with E-state index in [1.54, 1.807) is 0 Å². The number of hydrogen-bond donors (Lipinski definition) is 2. The number of ketones is 1. The van der Waals surface area contributed by atoms with Gasteiger partial charge < -0.3 is 24.6 Å². The van der Waals surface area contributed by atoms with Crippen molar-refractivity contribution in [3.05, 3.63) is 0 Å². The van der Waals surface area contributed by atoms with E-state index in [0.717, 1.165) is 38.5 Å². The largest absolute Gasteiger partial charge is 0.469 e. The molecule has 1 amide bonds. The van der Waals surface area contributed by atoms with Crippen molar-refractivity contribution in [2.45, 2.75) is 200 Å². The lowest BCUT2D eigenvalue weighted by Crippen LogP contribution is -2.43. The number of carbonyl (C=O) groups excluding carboxylic acids is 5.